The normalized spacial score (nSPS) is 26.3. The van der Waals surface area contributed by atoms with Crippen LogP contribution in [0.15, 0.2) is 48.5 Å². The summed E-state index contributed by atoms with van der Waals surface area (Å²) in [4.78, 5) is 28.2. The summed E-state index contributed by atoms with van der Waals surface area (Å²) in [5.74, 6) is -1.35. The number of hydrogen-bond donors (Lipinski definition) is 1. The van der Waals surface area contributed by atoms with Crippen LogP contribution in [-0.2, 0) is 21.7 Å². The van der Waals surface area contributed by atoms with E-state index in [-0.39, 0.29) is 29.5 Å². The van der Waals surface area contributed by atoms with Gasteiger partial charge < -0.3 is 10.0 Å². The number of amides is 1. The summed E-state index contributed by atoms with van der Waals surface area (Å²) in [5.41, 5.74) is 0.0358. The van der Waals surface area contributed by atoms with E-state index in [0.29, 0.717) is 24.1 Å². The number of benzene rings is 2. The van der Waals surface area contributed by atoms with Crippen molar-refractivity contribution < 1.29 is 19.1 Å². The minimum atomic E-state index is -1.86. The summed E-state index contributed by atoms with van der Waals surface area (Å²) in [6.07, 6.45) is 2.65. The molecular weight excluding hydrogens is 393 g/mol. The van der Waals surface area contributed by atoms with Gasteiger partial charge in [0, 0.05) is 12.0 Å². The lowest BCUT2D eigenvalue weighted by molar-refractivity contribution is -0.155. The molecule has 1 aliphatic carbocycles. The average Bonchev–Trinajstić information content (AvgIpc) is 2.98. The molecule has 4 nitrogen and oxygen atoms in total. The molecule has 1 heterocycles. The molecule has 1 N–H and O–H groups in total. The van der Waals surface area contributed by atoms with Gasteiger partial charge in [0.25, 0.3) is 5.91 Å². The maximum absolute atomic E-state index is 13.7. The van der Waals surface area contributed by atoms with Crippen LogP contribution in [0.4, 0.5) is 10.1 Å². The minimum Gasteiger partial charge on any atom is -0.375 e. The van der Waals surface area contributed by atoms with Gasteiger partial charge in [-0.3, -0.25) is 9.59 Å². The highest BCUT2D eigenvalue weighted by molar-refractivity contribution is 6.09. The first-order valence-electron chi connectivity index (χ1n) is 11.1. The van der Waals surface area contributed by atoms with E-state index < -0.39 is 17.4 Å². The molecule has 1 fully saturated rings. The third-order valence-electron chi connectivity index (χ3n) is 7.60. The monoisotopic (exact) mass is 423 g/mol. The van der Waals surface area contributed by atoms with E-state index in [4.69, 9.17) is 0 Å². The Morgan fingerprint density at radius 1 is 1.13 bits per heavy atom. The summed E-state index contributed by atoms with van der Waals surface area (Å²) >= 11 is 0. The molecule has 0 radical (unpaired) electrons. The largest absolute Gasteiger partial charge is 0.375 e. The van der Waals surface area contributed by atoms with E-state index in [9.17, 15) is 19.1 Å². The van der Waals surface area contributed by atoms with Gasteiger partial charge in [-0.15, -0.1) is 0 Å². The van der Waals surface area contributed by atoms with Crippen LogP contribution in [0.1, 0.15) is 57.6 Å². The molecule has 1 amide bonds. The zero-order chi connectivity index (χ0) is 22.4. The number of aliphatic hydroxyl groups is 1. The number of carbonyl (C=O) groups is 2. The van der Waals surface area contributed by atoms with Gasteiger partial charge in [0.2, 0.25) is 0 Å². The number of hydrogen-bond acceptors (Lipinski definition) is 3. The predicted octanol–water partition coefficient (Wildman–Crippen LogP) is 4.98. The van der Waals surface area contributed by atoms with Crippen LogP contribution in [0.3, 0.4) is 0 Å². The Balaban J connectivity index is 1.72. The third-order valence-corrected chi connectivity index (χ3v) is 7.60. The smallest absolute Gasteiger partial charge is 0.264 e. The van der Waals surface area contributed by atoms with Crippen LogP contribution in [0.2, 0.25) is 0 Å². The number of para-hydroxylation sites is 1. The Labute approximate surface area is 183 Å². The molecular formula is C26H30FNO3. The molecule has 2 aromatic rings. The maximum atomic E-state index is 13.7. The van der Waals surface area contributed by atoms with E-state index in [1.165, 1.54) is 17.0 Å². The van der Waals surface area contributed by atoms with Crippen molar-refractivity contribution in [2.75, 3.05) is 4.90 Å². The number of anilines is 1. The number of ketones is 1. The first-order chi connectivity index (χ1) is 14.7. The molecule has 0 saturated heterocycles. The highest BCUT2D eigenvalue weighted by Crippen LogP contribution is 2.51. The molecule has 0 bridgehead atoms. The molecule has 1 aliphatic heterocycles. The topological polar surface area (TPSA) is 57.6 Å². The Bertz CT molecular complexity index is 1000. The summed E-state index contributed by atoms with van der Waals surface area (Å²) in [7, 11) is 0. The van der Waals surface area contributed by atoms with Crippen molar-refractivity contribution in [3.05, 3.63) is 65.5 Å². The van der Waals surface area contributed by atoms with Gasteiger partial charge in [-0.1, -0.05) is 57.5 Å². The van der Waals surface area contributed by atoms with E-state index in [0.717, 1.165) is 18.4 Å². The second-order valence-corrected chi connectivity index (χ2v) is 9.63. The standard InChI is InChI=1S/C26H30FNO3/c1-4-25(2,3)18-11-14-23(29)21(15-18)26(31)20-7-5-6-8-22(20)28(24(26)30)16-17-9-12-19(27)13-10-17/h5-10,12-13,18,21,31H,4,11,14-16H2,1-3H3/t18-,21-,26-/m1/s1. The van der Waals surface area contributed by atoms with Gasteiger partial charge >= 0.3 is 0 Å². The van der Waals surface area contributed by atoms with Crippen molar-refractivity contribution in [1.29, 1.82) is 0 Å². The van der Waals surface area contributed by atoms with Gasteiger partial charge in [-0.2, -0.15) is 0 Å². The fourth-order valence-corrected chi connectivity index (χ4v) is 5.15. The molecule has 2 aliphatic rings. The van der Waals surface area contributed by atoms with Crippen LogP contribution < -0.4 is 4.90 Å². The molecule has 2 aromatic carbocycles. The van der Waals surface area contributed by atoms with E-state index in [1.54, 1.807) is 30.3 Å². The SMILES string of the molecule is CCC(C)(C)[C@@H]1CCC(=O)[C@H]([C@@]2(O)C(=O)N(Cc3ccc(F)cc3)c3ccccc32)C1. The minimum absolute atomic E-state index is 0.0320. The zero-order valence-electron chi connectivity index (χ0n) is 18.4. The fraction of sp³-hybridized carbons (Fsp3) is 0.462. The molecule has 0 unspecified atom stereocenters. The third kappa shape index (κ3) is 3.59. The number of nitrogens with zero attached hydrogens (tertiary/aromatic N) is 1. The number of fused-ring (bicyclic) bond motifs is 1. The van der Waals surface area contributed by atoms with Crippen LogP contribution in [-0.4, -0.2) is 16.8 Å². The Morgan fingerprint density at radius 3 is 2.48 bits per heavy atom. The lowest BCUT2D eigenvalue weighted by atomic mass is 9.62. The van der Waals surface area contributed by atoms with Gasteiger partial charge in [-0.05, 0) is 47.9 Å². The lowest BCUT2D eigenvalue weighted by Gasteiger charge is -2.42. The predicted molar refractivity (Wildman–Crippen MR) is 118 cm³/mol. The fourth-order valence-electron chi connectivity index (χ4n) is 5.15. The van der Waals surface area contributed by atoms with Crippen molar-refractivity contribution in [1.82, 2.24) is 0 Å². The van der Waals surface area contributed by atoms with Crippen LogP contribution in [0, 0.1) is 23.1 Å². The van der Waals surface area contributed by atoms with Crippen molar-refractivity contribution in [3.8, 4) is 0 Å². The second-order valence-electron chi connectivity index (χ2n) is 9.63. The van der Waals surface area contributed by atoms with Gasteiger partial charge in [-0.25, -0.2) is 4.39 Å². The lowest BCUT2D eigenvalue weighted by Crippen LogP contribution is -2.51. The first-order valence-corrected chi connectivity index (χ1v) is 11.1. The molecule has 31 heavy (non-hydrogen) atoms. The van der Waals surface area contributed by atoms with Crippen molar-refractivity contribution in [2.45, 2.75) is 58.6 Å². The highest BCUT2D eigenvalue weighted by Gasteiger charge is 2.58. The summed E-state index contributed by atoms with van der Waals surface area (Å²) < 4.78 is 13.3. The number of rotatable bonds is 5. The van der Waals surface area contributed by atoms with E-state index in [2.05, 4.69) is 20.8 Å². The van der Waals surface area contributed by atoms with E-state index >= 15 is 0 Å². The Hall–Kier alpha value is -2.53. The quantitative estimate of drug-likeness (QED) is 0.738. The molecule has 4 rings (SSSR count). The van der Waals surface area contributed by atoms with Crippen LogP contribution in [0.5, 0.6) is 0 Å². The van der Waals surface area contributed by atoms with Crippen LogP contribution in [0.25, 0.3) is 0 Å². The van der Waals surface area contributed by atoms with Gasteiger partial charge in [0.1, 0.15) is 11.6 Å². The van der Waals surface area contributed by atoms with Crippen molar-refractivity contribution in [2.24, 2.45) is 17.3 Å². The van der Waals surface area contributed by atoms with Crippen molar-refractivity contribution >= 4 is 17.4 Å². The Morgan fingerprint density at radius 2 is 1.81 bits per heavy atom. The first kappa shape index (κ1) is 21.7. The van der Waals surface area contributed by atoms with Gasteiger partial charge in [0.15, 0.2) is 5.60 Å². The molecule has 164 valence electrons. The molecule has 0 spiro atoms. The Kier molecular flexibility index (Phi) is 5.50. The number of Topliss-reactive ketones (excluding diaryl/α,β-unsaturated/α-hetero) is 1. The van der Waals surface area contributed by atoms with Crippen LogP contribution >= 0.6 is 0 Å². The zero-order valence-corrected chi connectivity index (χ0v) is 18.4. The molecule has 5 heteroatoms. The van der Waals surface area contributed by atoms with E-state index in [1.807, 2.05) is 6.07 Å². The van der Waals surface area contributed by atoms with Crippen molar-refractivity contribution in [3.63, 3.8) is 0 Å². The molecule has 0 aromatic heterocycles. The van der Waals surface area contributed by atoms with Gasteiger partial charge in [0.05, 0.1) is 18.2 Å². The molecule has 3 atom stereocenters. The summed E-state index contributed by atoms with van der Waals surface area (Å²) in [6, 6.07) is 13.1. The summed E-state index contributed by atoms with van der Waals surface area (Å²) in [5, 5.41) is 11.9. The second kappa shape index (κ2) is 7.86. The summed E-state index contributed by atoms with van der Waals surface area (Å²) in [6.45, 7) is 6.74. The maximum Gasteiger partial charge on any atom is 0.264 e. The highest BCUT2D eigenvalue weighted by atomic mass is 19.1. The average molecular weight is 424 g/mol. The number of carbonyl (C=O) groups excluding carboxylic acids is 2. The number of halogens is 1. The molecule has 1 saturated carbocycles.